The number of aromatic nitrogens is 2. The molecular weight excluding hydrogens is 251 g/mol. The van der Waals surface area contributed by atoms with Crippen molar-refractivity contribution in [3.8, 4) is 11.3 Å². The van der Waals surface area contributed by atoms with Crippen molar-refractivity contribution in [2.75, 3.05) is 0 Å². The van der Waals surface area contributed by atoms with Crippen LogP contribution in [0, 0.1) is 12.7 Å². The lowest BCUT2D eigenvalue weighted by atomic mass is 10.1. The zero-order chi connectivity index (χ0) is 12.7. The Bertz CT molecular complexity index is 727. The topological polar surface area (TPSA) is 34.4 Å². The second-order valence-corrected chi connectivity index (χ2v) is 5.11. The Labute approximate surface area is 107 Å². The molecule has 3 aromatic rings. The van der Waals surface area contributed by atoms with E-state index in [9.17, 15) is 9.18 Å². The van der Waals surface area contributed by atoms with Gasteiger partial charge in [-0.3, -0.25) is 9.20 Å². The molecule has 0 N–H and O–H groups in total. The molecule has 0 fully saturated rings. The number of hydrogen-bond donors (Lipinski definition) is 0. The van der Waals surface area contributed by atoms with Gasteiger partial charge >= 0.3 is 0 Å². The second kappa shape index (κ2) is 4.03. The van der Waals surface area contributed by atoms with Crippen molar-refractivity contribution in [1.82, 2.24) is 9.38 Å². The van der Waals surface area contributed by atoms with E-state index in [0.29, 0.717) is 5.69 Å². The average Bonchev–Trinajstić information content (AvgIpc) is 2.88. The summed E-state index contributed by atoms with van der Waals surface area (Å²) in [5.74, 6) is -0.274. The Balaban J connectivity index is 2.33. The molecule has 2 aromatic heterocycles. The summed E-state index contributed by atoms with van der Waals surface area (Å²) in [5, 5.41) is 0. The van der Waals surface area contributed by atoms with Crippen molar-refractivity contribution in [3.05, 3.63) is 46.9 Å². The highest BCUT2D eigenvalue weighted by Crippen LogP contribution is 2.31. The largest absolute Gasteiger partial charge is 0.296 e. The molecule has 0 unspecified atom stereocenters. The molecule has 0 amide bonds. The van der Waals surface area contributed by atoms with E-state index in [1.165, 1.54) is 23.5 Å². The smallest absolute Gasteiger partial charge is 0.194 e. The van der Waals surface area contributed by atoms with Crippen LogP contribution in [0.1, 0.15) is 15.4 Å². The predicted octanol–water partition coefficient (Wildman–Crippen LogP) is 3.32. The molecule has 0 bridgehead atoms. The summed E-state index contributed by atoms with van der Waals surface area (Å²) < 4.78 is 14.8. The molecule has 0 aliphatic carbocycles. The fraction of sp³-hybridized carbons (Fsp3) is 0.0769. The number of rotatable bonds is 2. The third kappa shape index (κ3) is 1.55. The van der Waals surface area contributed by atoms with Gasteiger partial charge in [0.1, 0.15) is 11.5 Å². The van der Waals surface area contributed by atoms with Crippen LogP contribution >= 0.6 is 11.3 Å². The molecule has 2 heterocycles. The number of aldehydes is 1. The molecule has 18 heavy (non-hydrogen) atoms. The SMILES string of the molecule is Cc1sc2ncc(C=O)n2c1-c1ccc(F)cc1. The summed E-state index contributed by atoms with van der Waals surface area (Å²) in [7, 11) is 0. The number of carbonyl (C=O) groups is 1. The molecule has 0 saturated carbocycles. The monoisotopic (exact) mass is 260 g/mol. The number of nitrogens with zero attached hydrogens (tertiary/aromatic N) is 2. The first kappa shape index (κ1) is 11.1. The van der Waals surface area contributed by atoms with E-state index in [1.54, 1.807) is 22.7 Å². The Hall–Kier alpha value is -2.01. The molecule has 0 spiro atoms. The Morgan fingerprint density at radius 1 is 1.33 bits per heavy atom. The fourth-order valence-corrected chi connectivity index (χ4v) is 2.98. The van der Waals surface area contributed by atoms with Crippen molar-refractivity contribution < 1.29 is 9.18 Å². The Morgan fingerprint density at radius 3 is 2.72 bits per heavy atom. The lowest BCUT2D eigenvalue weighted by Crippen LogP contribution is -1.93. The number of halogens is 1. The maximum Gasteiger partial charge on any atom is 0.194 e. The number of aryl methyl sites for hydroxylation is 1. The van der Waals surface area contributed by atoms with E-state index >= 15 is 0 Å². The van der Waals surface area contributed by atoms with Gasteiger partial charge in [0.15, 0.2) is 11.2 Å². The highest BCUT2D eigenvalue weighted by molar-refractivity contribution is 7.17. The summed E-state index contributed by atoms with van der Waals surface area (Å²) in [4.78, 5) is 17.0. The van der Waals surface area contributed by atoms with Crippen LogP contribution in [0.5, 0.6) is 0 Å². The van der Waals surface area contributed by atoms with E-state index in [0.717, 1.165) is 27.4 Å². The molecule has 0 saturated heterocycles. The average molecular weight is 260 g/mol. The summed E-state index contributed by atoms with van der Waals surface area (Å²) in [6.07, 6.45) is 2.32. The van der Waals surface area contributed by atoms with Gasteiger partial charge in [-0.1, -0.05) is 0 Å². The zero-order valence-electron chi connectivity index (χ0n) is 9.55. The van der Waals surface area contributed by atoms with Gasteiger partial charge in [0.25, 0.3) is 0 Å². The minimum atomic E-state index is -0.274. The number of imidazole rings is 1. The second-order valence-electron chi connectivity index (χ2n) is 3.93. The van der Waals surface area contributed by atoms with Gasteiger partial charge in [0, 0.05) is 4.88 Å². The van der Waals surface area contributed by atoms with E-state index in [4.69, 9.17) is 0 Å². The van der Waals surface area contributed by atoms with Gasteiger partial charge in [0.05, 0.1) is 11.9 Å². The lowest BCUT2D eigenvalue weighted by Gasteiger charge is -2.03. The first-order valence-corrected chi connectivity index (χ1v) is 6.20. The van der Waals surface area contributed by atoms with Gasteiger partial charge in [-0.2, -0.15) is 0 Å². The molecule has 3 rings (SSSR count). The molecular formula is C13H9FN2OS. The quantitative estimate of drug-likeness (QED) is 0.662. The predicted molar refractivity (Wildman–Crippen MR) is 68.6 cm³/mol. The minimum absolute atomic E-state index is 0.274. The normalized spacial score (nSPS) is 11.0. The fourth-order valence-electron chi connectivity index (χ4n) is 2.01. The highest BCUT2D eigenvalue weighted by atomic mass is 32.1. The summed E-state index contributed by atoms with van der Waals surface area (Å²) in [5.41, 5.74) is 2.28. The van der Waals surface area contributed by atoms with Crippen LogP contribution in [0.25, 0.3) is 16.2 Å². The van der Waals surface area contributed by atoms with Crippen molar-refractivity contribution in [2.45, 2.75) is 6.92 Å². The van der Waals surface area contributed by atoms with Crippen molar-refractivity contribution in [1.29, 1.82) is 0 Å². The van der Waals surface area contributed by atoms with E-state index in [1.807, 2.05) is 6.92 Å². The van der Waals surface area contributed by atoms with Crippen LogP contribution < -0.4 is 0 Å². The van der Waals surface area contributed by atoms with Gasteiger partial charge in [-0.05, 0) is 36.8 Å². The molecule has 90 valence electrons. The third-order valence-electron chi connectivity index (χ3n) is 2.80. The lowest BCUT2D eigenvalue weighted by molar-refractivity contribution is 0.111. The minimum Gasteiger partial charge on any atom is -0.296 e. The molecule has 0 radical (unpaired) electrons. The summed E-state index contributed by atoms with van der Waals surface area (Å²) >= 11 is 1.51. The van der Waals surface area contributed by atoms with Gasteiger partial charge in [-0.15, -0.1) is 11.3 Å². The number of benzene rings is 1. The third-order valence-corrected chi connectivity index (χ3v) is 3.77. The molecule has 0 aliphatic heterocycles. The molecule has 0 atom stereocenters. The number of thiazole rings is 1. The summed E-state index contributed by atoms with van der Waals surface area (Å²) in [6.45, 7) is 1.96. The highest BCUT2D eigenvalue weighted by Gasteiger charge is 2.15. The zero-order valence-corrected chi connectivity index (χ0v) is 10.4. The molecule has 5 heteroatoms. The van der Waals surface area contributed by atoms with E-state index < -0.39 is 0 Å². The van der Waals surface area contributed by atoms with Gasteiger partial charge in [0.2, 0.25) is 0 Å². The van der Waals surface area contributed by atoms with Crippen LogP contribution in [0.4, 0.5) is 4.39 Å². The van der Waals surface area contributed by atoms with Crippen molar-refractivity contribution in [2.24, 2.45) is 0 Å². The maximum absolute atomic E-state index is 13.0. The number of carbonyl (C=O) groups excluding carboxylic acids is 1. The first-order valence-electron chi connectivity index (χ1n) is 5.38. The van der Waals surface area contributed by atoms with Crippen LogP contribution in [0.15, 0.2) is 30.5 Å². The van der Waals surface area contributed by atoms with Crippen LogP contribution in [-0.2, 0) is 0 Å². The van der Waals surface area contributed by atoms with Gasteiger partial charge < -0.3 is 0 Å². The van der Waals surface area contributed by atoms with Crippen molar-refractivity contribution in [3.63, 3.8) is 0 Å². The Kier molecular flexibility index (Phi) is 2.48. The number of fused-ring (bicyclic) bond motifs is 1. The standard InChI is InChI=1S/C13H9FN2OS/c1-8-12(9-2-4-10(14)5-3-9)16-11(7-17)6-15-13(16)18-8/h2-7H,1H3. The maximum atomic E-state index is 13.0. The number of hydrogen-bond acceptors (Lipinski definition) is 3. The van der Waals surface area contributed by atoms with Crippen LogP contribution in [-0.4, -0.2) is 15.7 Å². The Morgan fingerprint density at radius 2 is 2.06 bits per heavy atom. The van der Waals surface area contributed by atoms with Crippen LogP contribution in [0.3, 0.4) is 0 Å². The molecule has 0 aliphatic rings. The summed E-state index contributed by atoms with van der Waals surface area (Å²) in [6, 6.07) is 6.24. The molecule has 3 nitrogen and oxygen atoms in total. The van der Waals surface area contributed by atoms with Crippen LogP contribution in [0.2, 0.25) is 0 Å². The van der Waals surface area contributed by atoms with E-state index in [-0.39, 0.29) is 5.82 Å². The van der Waals surface area contributed by atoms with Crippen molar-refractivity contribution >= 4 is 22.6 Å². The first-order chi connectivity index (χ1) is 8.70. The van der Waals surface area contributed by atoms with E-state index in [2.05, 4.69) is 4.98 Å². The van der Waals surface area contributed by atoms with Gasteiger partial charge in [-0.25, -0.2) is 9.37 Å². The molecule has 1 aromatic carbocycles.